The molecule has 4 rings (SSSR count). The van der Waals surface area contributed by atoms with Gasteiger partial charge < -0.3 is 23.7 Å². The zero-order chi connectivity index (χ0) is 53.9. The van der Waals surface area contributed by atoms with E-state index in [2.05, 4.69) is 55.4 Å². The summed E-state index contributed by atoms with van der Waals surface area (Å²) in [5, 5.41) is 0. The molecule has 4 aliphatic carbocycles. The summed E-state index contributed by atoms with van der Waals surface area (Å²) < 4.78 is 28.9. The Labute approximate surface area is 437 Å². The van der Waals surface area contributed by atoms with Gasteiger partial charge in [0.15, 0.2) is 6.10 Å². The Kier molecular flexibility index (Phi) is 22.4. The summed E-state index contributed by atoms with van der Waals surface area (Å²) in [5.41, 5.74) is -1.18. The second-order valence-corrected chi connectivity index (χ2v) is 28.0. The van der Waals surface area contributed by atoms with E-state index in [-0.39, 0.29) is 77.2 Å². The van der Waals surface area contributed by atoms with Crippen LogP contribution in [-0.4, -0.2) is 67.7 Å². The minimum Gasteiger partial charge on any atom is -0.465 e. The Hall–Kier alpha value is -2.98. The van der Waals surface area contributed by atoms with Crippen LogP contribution in [0.25, 0.3) is 0 Å². The monoisotopic (exact) mass is 1010 g/mol. The maximum atomic E-state index is 13.3. The molecule has 0 aliphatic heterocycles. The van der Waals surface area contributed by atoms with Crippen LogP contribution in [0.2, 0.25) is 0 Å². The number of hydrogen-bond acceptors (Lipinski definition) is 11. The first-order valence-corrected chi connectivity index (χ1v) is 28.8. The van der Waals surface area contributed by atoms with Gasteiger partial charge in [-0.25, -0.2) is 0 Å². The van der Waals surface area contributed by atoms with E-state index in [0.717, 1.165) is 82.5 Å². The van der Waals surface area contributed by atoms with E-state index in [9.17, 15) is 28.8 Å². The second-order valence-electron chi connectivity index (χ2n) is 28.0. The Balaban J connectivity index is 1.05. The molecule has 0 aromatic heterocycles. The predicted octanol–water partition coefficient (Wildman–Crippen LogP) is 14.2. The molecule has 0 aromatic rings. The SMILES string of the molecule is CC(=O)C1CC[C@H]2[C@@H]3CC[C@H]4C[C@@H](OC(=O)CCCCOC(=O)C(C)CCCCCCCCC(C)C(=O)OC(COC(=O)C(C)(C)CC(C)(C)C)COC(=O)C(C)(C)CC(C)(C)C)CC[C@]4(C)[C@H]3CC[C@]12C. The molecule has 11 nitrogen and oxygen atoms in total. The van der Waals surface area contributed by atoms with E-state index < -0.39 is 22.9 Å². The van der Waals surface area contributed by atoms with E-state index >= 15 is 0 Å². The highest BCUT2D eigenvalue weighted by atomic mass is 16.6. The number of carbonyl (C=O) groups is 6. The predicted molar refractivity (Wildman–Crippen MR) is 283 cm³/mol. The fraction of sp³-hybridized carbons (Fsp3) is 0.902. The minimum atomic E-state index is -0.916. The van der Waals surface area contributed by atoms with Crippen molar-refractivity contribution in [1.82, 2.24) is 0 Å². The van der Waals surface area contributed by atoms with E-state index in [1.54, 1.807) is 0 Å². The first-order chi connectivity index (χ1) is 33.4. The molecule has 10 atom stereocenters. The molecule has 0 heterocycles. The molecule has 3 unspecified atom stereocenters. The zero-order valence-corrected chi connectivity index (χ0v) is 48.4. The van der Waals surface area contributed by atoms with Crippen molar-refractivity contribution in [3.63, 3.8) is 0 Å². The van der Waals surface area contributed by atoms with Crippen molar-refractivity contribution in [2.24, 2.45) is 73.9 Å². The third kappa shape index (κ3) is 17.8. The standard InChI is InChI=1S/C61H104O11/c1-41(52(64)68-35-23-22-26-51(63)71-45-31-33-60(14)44(36-45)27-28-47-49-30-29-48(43(3)62)61(49,15)34-32-50(47)60)24-20-18-16-17-19-21-25-42(2)53(65)72-46(37-69-54(66)58(10,11)39-56(4,5)6)38-70-55(67)59(12,13)40-57(7,8)9/h41-42,44-50H,16-40H2,1-15H3/t41?,42?,44-,45-,47-,48?,49-,50-,60-,61+/m0/s1. The topological polar surface area (TPSA) is 149 Å². The van der Waals surface area contributed by atoms with Crippen LogP contribution in [0, 0.1) is 73.9 Å². The van der Waals surface area contributed by atoms with Gasteiger partial charge in [0.05, 0.1) is 29.3 Å². The number of hydrogen-bond donors (Lipinski definition) is 0. The lowest BCUT2D eigenvalue weighted by atomic mass is 9.44. The largest absolute Gasteiger partial charge is 0.465 e. The fourth-order valence-corrected chi connectivity index (χ4v) is 14.7. The molecule has 0 aromatic carbocycles. The lowest BCUT2D eigenvalue weighted by Gasteiger charge is -2.61. The quantitative estimate of drug-likeness (QED) is 0.0440. The van der Waals surface area contributed by atoms with Crippen molar-refractivity contribution >= 4 is 35.6 Å². The van der Waals surface area contributed by atoms with Crippen LogP contribution in [0.4, 0.5) is 0 Å². The lowest BCUT2D eigenvalue weighted by Crippen LogP contribution is -2.54. The summed E-state index contributed by atoms with van der Waals surface area (Å²) in [5.74, 6) is 1.32. The summed E-state index contributed by atoms with van der Waals surface area (Å²) in [4.78, 5) is 77.8. The van der Waals surface area contributed by atoms with E-state index in [4.69, 9.17) is 23.7 Å². The maximum absolute atomic E-state index is 13.3. The third-order valence-corrected chi connectivity index (χ3v) is 17.9. The highest BCUT2D eigenvalue weighted by molar-refractivity contribution is 5.80. The van der Waals surface area contributed by atoms with Gasteiger partial charge in [0.1, 0.15) is 25.1 Å². The summed E-state index contributed by atoms with van der Waals surface area (Å²) in [7, 11) is 0. The van der Waals surface area contributed by atoms with Gasteiger partial charge in [-0.05, 0) is 176 Å². The van der Waals surface area contributed by atoms with Crippen molar-refractivity contribution < 1.29 is 52.5 Å². The first kappa shape index (κ1) is 61.6. The molecule has 11 heteroatoms. The van der Waals surface area contributed by atoms with Gasteiger partial charge >= 0.3 is 29.8 Å². The molecule has 0 spiro atoms. The van der Waals surface area contributed by atoms with Crippen LogP contribution >= 0.6 is 0 Å². The molecule has 0 bridgehead atoms. The number of ether oxygens (including phenoxy) is 5. The molecule has 0 N–H and O–H groups in total. The highest BCUT2D eigenvalue weighted by Gasteiger charge is 2.61. The molecule has 4 saturated carbocycles. The lowest BCUT2D eigenvalue weighted by molar-refractivity contribution is -0.176. The summed E-state index contributed by atoms with van der Waals surface area (Å²) in [6.07, 6.45) is 19.4. The van der Waals surface area contributed by atoms with E-state index in [1.165, 1.54) is 32.1 Å². The zero-order valence-electron chi connectivity index (χ0n) is 48.4. The third-order valence-electron chi connectivity index (χ3n) is 17.9. The Morgan fingerprint density at radius 3 is 1.62 bits per heavy atom. The van der Waals surface area contributed by atoms with Crippen molar-refractivity contribution in [3.8, 4) is 0 Å². The molecule has 72 heavy (non-hydrogen) atoms. The Morgan fingerprint density at radius 2 is 1.08 bits per heavy atom. The average Bonchev–Trinajstić information content (AvgIpc) is 3.63. The summed E-state index contributed by atoms with van der Waals surface area (Å²) >= 11 is 0. The molecule has 0 radical (unpaired) electrons. The molecule has 0 amide bonds. The number of unbranched alkanes of at least 4 members (excludes halogenated alkanes) is 6. The van der Waals surface area contributed by atoms with E-state index in [1.807, 2.05) is 48.5 Å². The summed E-state index contributed by atoms with van der Waals surface area (Å²) in [6, 6.07) is 0. The van der Waals surface area contributed by atoms with Crippen molar-refractivity contribution in [2.75, 3.05) is 19.8 Å². The van der Waals surface area contributed by atoms with E-state index in [0.29, 0.717) is 68.2 Å². The second kappa shape index (κ2) is 26.2. The Morgan fingerprint density at radius 1 is 0.569 bits per heavy atom. The molecular weight excluding hydrogens is 909 g/mol. The van der Waals surface area contributed by atoms with Gasteiger partial charge in [-0.1, -0.05) is 108 Å². The van der Waals surface area contributed by atoms with Gasteiger partial charge in [-0.15, -0.1) is 0 Å². The van der Waals surface area contributed by atoms with Crippen LogP contribution in [0.15, 0.2) is 0 Å². The van der Waals surface area contributed by atoms with Crippen LogP contribution < -0.4 is 0 Å². The Bertz CT molecular complexity index is 1760. The maximum Gasteiger partial charge on any atom is 0.311 e. The van der Waals surface area contributed by atoms with Gasteiger partial charge in [-0.2, -0.15) is 0 Å². The first-order valence-electron chi connectivity index (χ1n) is 28.8. The minimum absolute atomic E-state index is 0.00200. The molecular formula is C61H104O11. The van der Waals surface area contributed by atoms with Gasteiger partial charge in [0.2, 0.25) is 0 Å². The van der Waals surface area contributed by atoms with Crippen LogP contribution in [-0.2, 0) is 52.5 Å². The van der Waals surface area contributed by atoms with Crippen molar-refractivity contribution in [2.45, 2.75) is 257 Å². The highest BCUT2D eigenvalue weighted by Crippen LogP contribution is 2.67. The molecule has 4 aliphatic rings. The van der Waals surface area contributed by atoms with Crippen LogP contribution in [0.1, 0.15) is 245 Å². The summed E-state index contributed by atoms with van der Waals surface area (Å²) in [6.45, 7) is 30.3. The van der Waals surface area contributed by atoms with Crippen molar-refractivity contribution in [1.29, 1.82) is 0 Å². The molecule has 0 saturated heterocycles. The van der Waals surface area contributed by atoms with Crippen molar-refractivity contribution in [3.05, 3.63) is 0 Å². The number of Topliss-reactive ketones (excluding diaryl/α,β-unsaturated/α-hetero) is 1. The fourth-order valence-electron chi connectivity index (χ4n) is 14.7. The van der Waals surface area contributed by atoms with Gasteiger partial charge in [0.25, 0.3) is 0 Å². The number of carbonyl (C=O) groups excluding carboxylic acids is 6. The smallest absolute Gasteiger partial charge is 0.311 e. The number of ketones is 1. The molecule has 414 valence electrons. The molecule has 4 fully saturated rings. The number of rotatable bonds is 27. The number of fused-ring (bicyclic) bond motifs is 5. The number of esters is 5. The van der Waals surface area contributed by atoms with Gasteiger partial charge in [-0.3, -0.25) is 28.8 Å². The van der Waals surface area contributed by atoms with Crippen LogP contribution in [0.3, 0.4) is 0 Å². The normalized spacial score (nSPS) is 27.4. The van der Waals surface area contributed by atoms with Crippen LogP contribution in [0.5, 0.6) is 0 Å². The van der Waals surface area contributed by atoms with Gasteiger partial charge in [0, 0.05) is 12.3 Å². The average molecular weight is 1010 g/mol.